The lowest BCUT2D eigenvalue weighted by Crippen LogP contribution is -1.84. The molecule has 0 fully saturated rings. The second kappa shape index (κ2) is 7.17. The molecule has 2 heterocycles. The van der Waals surface area contributed by atoms with Crippen molar-refractivity contribution in [3.05, 3.63) is 68.4 Å². The molecule has 4 nitrogen and oxygen atoms in total. The Kier molecular flexibility index (Phi) is 4.86. The van der Waals surface area contributed by atoms with Crippen LogP contribution < -0.4 is 0 Å². The molecule has 0 atom stereocenters. The van der Waals surface area contributed by atoms with Gasteiger partial charge in [-0.1, -0.05) is 46.4 Å². The van der Waals surface area contributed by atoms with E-state index >= 15 is 0 Å². The van der Waals surface area contributed by atoms with Crippen LogP contribution in [-0.4, -0.2) is 10.2 Å². The van der Waals surface area contributed by atoms with E-state index in [1.54, 1.807) is 30.3 Å². The van der Waals surface area contributed by atoms with Crippen LogP contribution in [0.5, 0.6) is 0 Å². The summed E-state index contributed by atoms with van der Waals surface area (Å²) in [5, 5.41) is 8.86. The van der Waals surface area contributed by atoms with E-state index in [-0.39, 0.29) is 27.4 Å². The largest absolute Gasteiger partial charge is 0.451 e. The fourth-order valence-electron chi connectivity index (χ4n) is 2.40. The maximum Gasteiger partial charge on any atom is 0.283 e. The second-order valence-electron chi connectivity index (χ2n) is 5.45. The van der Waals surface area contributed by atoms with Crippen LogP contribution in [0.15, 0.2) is 51.3 Å². The summed E-state index contributed by atoms with van der Waals surface area (Å²) in [7, 11) is 0. The van der Waals surface area contributed by atoms with Crippen LogP contribution in [0.1, 0.15) is 0 Å². The van der Waals surface area contributed by atoms with Gasteiger partial charge in [0.2, 0.25) is 5.89 Å². The number of halogens is 5. The summed E-state index contributed by atoms with van der Waals surface area (Å²) in [6, 6.07) is 10.8. The maximum absolute atomic E-state index is 13.7. The van der Waals surface area contributed by atoms with E-state index in [0.29, 0.717) is 27.1 Å². The van der Waals surface area contributed by atoms with Gasteiger partial charge in [-0.3, -0.25) is 0 Å². The van der Waals surface area contributed by atoms with Gasteiger partial charge in [-0.2, -0.15) is 0 Å². The first-order valence-electron chi connectivity index (χ1n) is 7.46. The number of nitrogens with zero attached hydrogens (tertiary/aromatic N) is 2. The average molecular weight is 444 g/mol. The molecule has 0 aliphatic carbocycles. The van der Waals surface area contributed by atoms with Crippen LogP contribution >= 0.6 is 46.4 Å². The van der Waals surface area contributed by atoms with Crippen molar-refractivity contribution in [3.8, 4) is 34.4 Å². The summed E-state index contributed by atoms with van der Waals surface area (Å²) in [4.78, 5) is 0. The summed E-state index contributed by atoms with van der Waals surface area (Å²) in [5.41, 5.74) is 0.889. The first-order valence-corrected chi connectivity index (χ1v) is 8.97. The predicted octanol–water partition coefficient (Wildman–Crippen LogP) is 7.42. The van der Waals surface area contributed by atoms with Crippen LogP contribution in [0, 0.1) is 5.82 Å². The molecular formula is C18H7Cl4FN2O2. The van der Waals surface area contributed by atoms with Gasteiger partial charge < -0.3 is 8.83 Å². The Labute approximate surface area is 172 Å². The number of hydrogen-bond acceptors (Lipinski definition) is 4. The monoisotopic (exact) mass is 442 g/mol. The van der Waals surface area contributed by atoms with E-state index in [1.807, 2.05) is 0 Å². The number of furan rings is 1. The standard InChI is InChI=1S/C18H7Cl4FN2O2/c19-8-1-2-9(11(20)5-8)15-3-4-16(26-15)18-25-24-17(27-18)10-6-14(23)13(22)7-12(10)21/h1-7H. The molecule has 0 N–H and O–H groups in total. The van der Waals surface area contributed by atoms with Crippen LogP contribution in [0.25, 0.3) is 34.4 Å². The molecule has 4 aromatic rings. The molecule has 0 bridgehead atoms. The van der Waals surface area contributed by atoms with Crippen LogP contribution in [0.3, 0.4) is 0 Å². The summed E-state index contributed by atoms with van der Waals surface area (Å²) < 4.78 is 25.0. The minimum Gasteiger partial charge on any atom is -0.451 e. The van der Waals surface area contributed by atoms with Crippen LogP contribution in [-0.2, 0) is 0 Å². The lowest BCUT2D eigenvalue weighted by molar-refractivity contribution is 0.529. The Balaban J connectivity index is 1.69. The van der Waals surface area contributed by atoms with Gasteiger partial charge in [0.25, 0.3) is 5.89 Å². The van der Waals surface area contributed by atoms with Crippen molar-refractivity contribution >= 4 is 46.4 Å². The van der Waals surface area contributed by atoms with Crippen molar-refractivity contribution in [2.75, 3.05) is 0 Å². The minimum atomic E-state index is -0.645. The predicted molar refractivity (Wildman–Crippen MR) is 103 cm³/mol. The number of hydrogen-bond donors (Lipinski definition) is 0. The van der Waals surface area contributed by atoms with Gasteiger partial charge in [0.1, 0.15) is 11.6 Å². The molecule has 0 radical (unpaired) electrons. The van der Waals surface area contributed by atoms with Crippen molar-refractivity contribution in [1.82, 2.24) is 10.2 Å². The molecule has 0 aliphatic heterocycles. The molecule has 9 heteroatoms. The van der Waals surface area contributed by atoms with Gasteiger partial charge in [-0.05, 0) is 42.5 Å². The maximum atomic E-state index is 13.7. The Morgan fingerprint density at radius 1 is 0.667 bits per heavy atom. The lowest BCUT2D eigenvalue weighted by Gasteiger charge is -2.01. The molecule has 0 saturated carbocycles. The summed E-state index contributed by atoms with van der Waals surface area (Å²) >= 11 is 23.9. The van der Waals surface area contributed by atoms with Crippen molar-refractivity contribution in [1.29, 1.82) is 0 Å². The highest BCUT2D eigenvalue weighted by Gasteiger charge is 2.18. The van der Waals surface area contributed by atoms with Crippen molar-refractivity contribution < 1.29 is 13.2 Å². The molecule has 0 aliphatic rings. The molecule has 2 aromatic carbocycles. The van der Waals surface area contributed by atoms with Crippen molar-refractivity contribution in [2.24, 2.45) is 0 Å². The van der Waals surface area contributed by atoms with E-state index in [9.17, 15) is 4.39 Å². The third kappa shape index (κ3) is 3.56. The zero-order valence-electron chi connectivity index (χ0n) is 13.1. The SMILES string of the molecule is Fc1cc(-c2nnc(-c3ccc(-c4ccc(Cl)cc4Cl)o3)o2)c(Cl)cc1Cl. The molecular weight excluding hydrogens is 437 g/mol. The Morgan fingerprint density at radius 3 is 2.15 bits per heavy atom. The van der Waals surface area contributed by atoms with Gasteiger partial charge in [-0.15, -0.1) is 10.2 Å². The Morgan fingerprint density at radius 2 is 1.37 bits per heavy atom. The minimum absolute atomic E-state index is 0.0352. The second-order valence-corrected chi connectivity index (χ2v) is 7.10. The highest BCUT2D eigenvalue weighted by Crippen LogP contribution is 2.36. The molecule has 0 amide bonds. The molecule has 4 rings (SSSR count). The zero-order valence-corrected chi connectivity index (χ0v) is 16.2. The Bertz CT molecular complexity index is 1160. The van der Waals surface area contributed by atoms with Gasteiger partial charge in [-0.25, -0.2) is 4.39 Å². The van der Waals surface area contributed by atoms with Gasteiger partial charge in [0, 0.05) is 10.6 Å². The lowest BCUT2D eigenvalue weighted by atomic mass is 10.2. The average Bonchev–Trinajstić information content (AvgIpc) is 3.27. The van der Waals surface area contributed by atoms with E-state index in [4.69, 9.17) is 55.2 Å². The molecule has 136 valence electrons. The molecule has 0 saturated heterocycles. The first kappa shape index (κ1) is 18.3. The molecule has 0 spiro atoms. The molecule has 0 unspecified atom stereocenters. The Hall–Kier alpha value is -2.05. The fraction of sp³-hybridized carbons (Fsp3) is 0. The van der Waals surface area contributed by atoms with Crippen molar-refractivity contribution in [3.63, 3.8) is 0 Å². The van der Waals surface area contributed by atoms with Gasteiger partial charge in [0.05, 0.1) is 20.6 Å². The fourth-order valence-corrected chi connectivity index (χ4v) is 3.37. The summed E-state index contributed by atoms with van der Waals surface area (Å²) in [6.07, 6.45) is 0. The van der Waals surface area contributed by atoms with E-state index in [1.165, 1.54) is 6.07 Å². The number of benzene rings is 2. The molecule has 2 aromatic heterocycles. The third-order valence-corrected chi connectivity index (χ3v) is 4.83. The van der Waals surface area contributed by atoms with Gasteiger partial charge >= 0.3 is 0 Å². The van der Waals surface area contributed by atoms with Crippen LogP contribution in [0.4, 0.5) is 4.39 Å². The highest BCUT2D eigenvalue weighted by atomic mass is 35.5. The topological polar surface area (TPSA) is 52.1 Å². The summed E-state index contributed by atoms with van der Waals surface area (Å²) in [6.45, 7) is 0. The van der Waals surface area contributed by atoms with Crippen molar-refractivity contribution in [2.45, 2.75) is 0 Å². The van der Waals surface area contributed by atoms with E-state index < -0.39 is 5.82 Å². The summed E-state index contributed by atoms with van der Waals surface area (Å²) in [5.74, 6) is 0.316. The number of rotatable bonds is 3. The normalized spacial score (nSPS) is 11.1. The number of aromatic nitrogens is 2. The first-order chi connectivity index (χ1) is 12.9. The zero-order chi connectivity index (χ0) is 19.1. The third-order valence-electron chi connectivity index (χ3n) is 3.68. The smallest absolute Gasteiger partial charge is 0.283 e. The highest BCUT2D eigenvalue weighted by molar-refractivity contribution is 6.37. The molecule has 27 heavy (non-hydrogen) atoms. The van der Waals surface area contributed by atoms with Crippen LogP contribution in [0.2, 0.25) is 20.1 Å². The quantitative estimate of drug-likeness (QED) is 0.309. The van der Waals surface area contributed by atoms with Gasteiger partial charge in [0.15, 0.2) is 5.76 Å². The van der Waals surface area contributed by atoms with E-state index in [2.05, 4.69) is 10.2 Å². The van der Waals surface area contributed by atoms with E-state index in [0.717, 1.165) is 6.07 Å².